The van der Waals surface area contributed by atoms with Crippen LogP contribution in [0.2, 0.25) is 0 Å². The van der Waals surface area contributed by atoms with Gasteiger partial charge >= 0.3 is 0 Å². The zero-order valence-corrected chi connectivity index (χ0v) is 11.5. The minimum absolute atomic E-state index is 0.288. The van der Waals surface area contributed by atoms with Crippen LogP contribution in [-0.2, 0) is 6.42 Å². The fraction of sp³-hybridized carbons (Fsp3) is 0.200. The quantitative estimate of drug-likeness (QED) is 0.790. The van der Waals surface area contributed by atoms with Gasteiger partial charge in [-0.3, -0.25) is 4.98 Å². The monoisotopic (exact) mass is 269 g/mol. The van der Waals surface area contributed by atoms with Crippen molar-refractivity contribution in [3.05, 3.63) is 58.7 Å². The van der Waals surface area contributed by atoms with Crippen molar-refractivity contribution in [2.75, 3.05) is 7.05 Å². The highest BCUT2D eigenvalue weighted by Gasteiger charge is 2.12. The SMILES string of the molecule is CNC(Cc1nccs1)c1ccc2ncccc2c1. The van der Waals surface area contributed by atoms with Gasteiger partial charge in [0, 0.05) is 35.6 Å². The molecule has 0 saturated heterocycles. The third-order valence-electron chi connectivity index (χ3n) is 3.24. The first-order chi connectivity index (χ1) is 9.36. The van der Waals surface area contributed by atoms with Crippen LogP contribution in [0.1, 0.15) is 16.6 Å². The van der Waals surface area contributed by atoms with Gasteiger partial charge in [-0.25, -0.2) is 4.98 Å². The van der Waals surface area contributed by atoms with E-state index in [9.17, 15) is 0 Å². The number of aromatic nitrogens is 2. The Balaban J connectivity index is 1.92. The second-order valence-electron chi connectivity index (χ2n) is 4.43. The van der Waals surface area contributed by atoms with Crippen LogP contribution >= 0.6 is 11.3 Å². The number of likely N-dealkylation sites (N-methyl/N-ethyl adjacent to an activating group) is 1. The van der Waals surface area contributed by atoms with E-state index in [4.69, 9.17) is 0 Å². The minimum Gasteiger partial charge on any atom is -0.313 e. The third kappa shape index (κ3) is 2.64. The largest absolute Gasteiger partial charge is 0.313 e. The number of hydrogen-bond acceptors (Lipinski definition) is 4. The smallest absolute Gasteiger partial charge is 0.0943 e. The molecule has 0 aliphatic carbocycles. The van der Waals surface area contributed by atoms with Gasteiger partial charge in [-0.15, -0.1) is 11.3 Å². The van der Waals surface area contributed by atoms with Crippen molar-refractivity contribution >= 4 is 22.2 Å². The van der Waals surface area contributed by atoms with Crippen molar-refractivity contribution in [1.29, 1.82) is 0 Å². The van der Waals surface area contributed by atoms with Crippen molar-refractivity contribution in [3.8, 4) is 0 Å². The number of rotatable bonds is 4. The molecule has 3 rings (SSSR count). The Kier molecular flexibility index (Phi) is 3.53. The molecular weight excluding hydrogens is 254 g/mol. The van der Waals surface area contributed by atoms with Gasteiger partial charge in [-0.2, -0.15) is 0 Å². The second kappa shape index (κ2) is 5.47. The lowest BCUT2D eigenvalue weighted by molar-refractivity contribution is 0.591. The molecule has 2 heterocycles. The average molecular weight is 269 g/mol. The molecule has 0 aliphatic heterocycles. The summed E-state index contributed by atoms with van der Waals surface area (Å²) in [5.41, 5.74) is 2.31. The topological polar surface area (TPSA) is 37.8 Å². The number of nitrogens with zero attached hydrogens (tertiary/aromatic N) is 2. The molecule has 3 nitrogen and oxygen atoms in total. The maximum Gasteiger partial charge on any atom is 0.0943 e. The van der Waals surface area contributed by atoms with Crippen LogP contribution in [0.4, 0.5) is 0 Å². The van der Waals surface area contributed by atoms with Gasteiger partial charge in [-0.1, -0.05) is 12.1 Å². The van der Waals surface area contributed by atoms with Crippen molar-refractivity contribution in [1.82, 2.24) is 15.3 Å². The first-order valence-electron chi connectivity index (χ1n) is 6.27. The maximum atomic E-state index is 4.36. The predicted octanol–water partition coefficient (Wildman–Crippen LogP) is 3.19. The van der Waals surface area contributed by atoms with Gasteiger partial charge in [0.15, 0.2) is 0 Å². The normalized spacial score (nSPS) is 12.7. The Morgan fingerprint density at radius 1 is 1.21 bits per heavy atom. The van der Waals surface area contributed by atoms with Crippen molar-refractivity contribution < 1.29 is 0 Å². The van der Waals surface area contributed by atoms with Crippen molar-refractivity contribution in [3.63, 3.8) is 0 Å². The molecule has 2 aromatic heterocycles. The Hall–Kier alpha value is -1.78. The number of hydrogen-bond donors (Lipinski definition) is 1. The van der Waals surface area contributed by atoms with Gasteiger partial charge < -0.3 is 5.32 Å². The number of benzene rings is 1. The minimum atomic E-state index is 0.288. The van der Waals surface area contributed by atoms with Gasteiger partial charge in [0.1, 0.15) is 0 Å². The standard InChI is InChI=1S/C15H15N3S/c1-16-14(10-15-18-7-8-19-15)12-4-5-13-11(9-12)3-2-6-17-13/h2-9,14,16H,10H2,1H3. The summed E-state index contributed by atoms with van der Waals surface area (Å²) in [6, 6.07) is 10.8. The number of nitrogens with one attached hydrogen (secondary N) is 1. The maximum absolute atomic E-state index is 4.36. The lowest BCUT2D eigenvalue weighted by Crippen LogP contribution is -2.18. The Morgan fingerprint density at radius 3 is 2.95 bits per heavy atom. The van der Waals surface area contributed by atoms with Gasteiger partial charge in [0.05, 0.1) is 10.5 Å². The molecule has 0 fully saturated rings. The predicted molar refractivity (Wildman–Crippen MR) is 79.4 cm³/mol. The molecule has 0 radical (unpaired) electrons. The molecule has 0 aliphatic rings. The molecule has 19 heavy (non-hydrogen) atoms. The Morgan fingerprint density at radius 2 is 2.16 bits per heavy atom. The van der Waals surface area contributed by atoms with Crippen LogP contribution < -0.4 is 5.32 Å². The molecule has 0 saturated carbocycles. The third-order valence-corrected chi connectivity index (χ3v) is 4.04. The van der Waals surface area contributed by atoms with Gasteiger partial charge in [-0.05, 0) is 30.8 Å². The van der Waals surface area contributed by atoms with Crippen molar-refractivity contribution in [2.24, 2.45) is 0 Å². The number of pyridine rings is 1. The zero-order chi connectivity index (χ0) is 13.1. The Labute approximate surface area is 116 Å². The first-order valence-corrected chi connectivity index (χ1v) is 7.15. The Bertz CT molecular complexity index is 664. The highest BCUT2D eigenvalue weighted by molar-refractivity contribution is 7.09. The fourth-order valence-corrected chi connectivity index (χ4v) is 2.89. The number of thiazole rings is 1. The van der Waals surface area contributed by atoms with E-state index in [1.807, 2.05) is 30.9 Å². The molecule has 1 unspecified atom stereocenters. The van der Waals surface area contributed by atoms with Gasteiger partial charge in [0.2, 0.25) is 0 Å². The molecule has 0 amide bonds. The van der Waals surface area contributed by atoms with Crippen molar-refractivity contribution in [2.45, 2.75) is 12.5 Å². The van der Waals surface area contributed by atoms with Gasteiger partial charge in [0.25, 0.3) is 0 Å². The lowest BCUT2D eigenvalue weighted by Gasteiger charge is -2.15. The van der Waals surface area contributed by atoms with E-state index in [-0.39, 0.29) is 6.04 Å². The van der Waals surface area contributed by atoms with E-state index >= 15 is 0 Å². The highest BCUT2D eigenvalue weighted by Crippen LogP contribution is 2.22. The summed E-state index contributed by atoms with van der Waals surface area (Å²) in [5, 5.41) is 7.73. The summed E-state index contributed by atoms with van der Waals surface area (Å²) in [5.74, 6) is 0. The van der Waals surface area contributed by atoms with E-state index in [0.29, 0.717) is 0 Å². The summed E-state index contributed by atoms with van der Waals surface area (Å²) < 4.78 is 0. The molecule has 96 valence electrons. The molecule has 1 N–H and O–H groups in total. The molecule has 0 bridgehead atoms. The lowest BCUT2D eigenvalue weighted by atomic mass is 10.0. The fourth-order valence-electron chi connectivity index (χ4n) is 2.23. The van der Waals surface area contributed by atoms with E-state index in [1.165, 1.54) is 10.9 Å². The van der Waals surface area contributed by atoms with E-state index in [0.717, 1.165) is 16.9 Å². The second-order valence-corrected chi connectivity index (χ2v) is 5.41. The zero-order valence-electron chi connectivity index (χ0n) is 10.7. The molecule has 3 aromatic rings. The summed E-state index contributed by atoms with van der Waals surface area (Å²) >= 11 is 1.70. The van der Waals surface area contributed by atoms with Crippen LogP contribution in [0.5, 0.6) is 0 Å². The summed E-state index contributed by atoms with van der Waals surface area (Å²) in [4.78, 5) is 8.71. The van der Waals surface area contributed by atoms with E-state index in [2.05, 4.69) is 39.6 Å². The molecule has 4 heteroatoms. The average Bonchev–Trinajstić information content (AvgIpc) is 2.97. The highest BCUT2D eigenvalue weighted by atomic mass is 32.1. The summed E-state index contributed by atoms with van der Waals surface area (Å²) in [6.07, 6.45) is 4.60. The van der Waals surface area contributed by atoms with Crippen LogP contribution in [0.3, 0.4) is 0 Å². The molecular formula is C15H15N3S. The van der Waals surface area contributed by atoms with Crippen LogP contribution in [0.25, 0.3) is 10.9 Å². The first kappa shape index (κ1) is 12.3. The van der Waals surface area contributed by atoms with E-state index in [1.54, 1.807) is 11.3 Å². The van der Waals surface area contributed by atoms with Crippen LogP contribution in [-0.4, -0.2) is 17.0 Å². The summed E-state index contributed by atoms with van der Waals surface area (Å²) in [7, 11) is 1.99. The van der Waals surface area contributed by atoms with Crippen LogP contribution in [0.15, 0.2) is 48.1 Å². The van der Waals surface area contributed by atoms with Crippen LogP contribution in [0, 0.1) is 0 Å². The molecule has 0 spiro atoms. The number of fused-ring (bicyclic) bond motifs is 1. The molecule has 1 atom stereocenters. The molecule has 1 aromatic carbocycles. The van der Waals surface area contributed by atoms with E-state index < -0.39 is 0 Å². The summed E-state index contributed by atoms with van der Waals surface area (Å²) in [6.45, 7) is 0.